The van der Waals surface area contributed by atoms with Gasteiger partial charge in [-0.1, -0.05) is 0 Å². The second kappa shape index (κ2) is 15.1. The van der Waals surface area contributed by atoms with Gasteiger partial charge in [0.15, 0.2) is 18.2 Å². The van der Waals surface area contributed by atoms with Crippen molar-refractivity contribution in [1.29, 1.82) is 5.41 Å². The number of amides is 1. The van der Waals surface area contributed by atoms with Gasteiger partial charge in [0.1, 0.15) is 42.5 Å². The van der Waals surface area contributed by atoms with Crippen LogP contribution in [-0.4, -0.2) is 156 Å². The van der Waals surface area contributed by atoms with Crippen molar-refractivity contribution in [3.8, 4) is 0 Å². The van der Waals surface area contributed by atoms with Crippen LogP contribution >= 0.6 is 0 Å². The van der Waals surface area contributed by atoms with Crippen molar-refractivity contribution in [1.82, 2.24) is 16.0 Å². The van der Waals surface area contributed by atoms with Gasteiger partial charge in [-0.25, -0.2) is 0 Å². The lowest BCUT2D eigenvalue weighted by atomic mass is 9.83. The van der Waals surface area contributed by atoms with E-state index in [4.69, 9.17) is 52.4 Å². The van der Waals surface area contributed by atoms with Gasteiger partial charge in [-0.2, -0.15) is 0 Å². The van der Waals surface area contributed by atoms with Crippen LogP contribution in [0.4, 0.5) is 0 Å². The third-order valence-corrected chi connectivity index (χ3v) is 8.36. The summed E-state index contributed by atoms with van der Waals surface area (Å²) in [7, 11) is 1.55. The van der Waals surface area contributed by atoms with Gasteiger partial charge in [0.05, 0.1) is 30.8 Å². The molecule has 0 aromatic heterocycles. The highest BCUT2D eigenvalue weighted by molar-refractivity contribution is 5.85. The fourth-order valence-corrected chi connectivity index (χ4v) is 5.63. The maximum Gasteiger partial charge on any atom is 0.254 e. The Labute approximate surface area is 250 Å². The maximum absolute atomic E-state index is 13.0. The van der Waals surface area contributed by atoms with Crippen LogP contribution in [0.5, 0.6) is 0 Å². The van der Waals surface area contributed by atoms with Gasteiger partial charge < -0.3 is 83.4 Å². The lowest BCUT2D eigenvalue weighted by molar-refractivity contribution is -0.307. The van der Waals surface area contributed by atoms with Crippen molar-refractivity contribution in [2.24, 2.45) is 22.9 Å². The van der Waals surface area contributed by atoms with Crippen LogP contribution in [-0.2, 0) is 23.7 Å². The summed E-state index contributed by atoms with van der Waals surface area (Å²) < 4.78 is 23.8. The quantitative estimate of drug-likeness (QED) is 0.0710. The van der Waals surface area contributed by atoms with Gasteiger partial charge in [0, 0.05) is 25.7 Å². The second-order valence-electron chi connectivity index (χ2n) is 11.8. The van der Waals surface area contributed by atoms with E-state index in [9.17, 15) is 25.2 Å². The average molecular weight is 623 g/mol. The normalized spacial score (nSPS) is 40.6. The van der Waals surface area contributed by atoms with Crippen molar-refractivity contribution in [3.63, 3.8) is 0 Å². The molecule has 18 heteroatoms. The molecule has 3 rings (SSSR count). The molecule has 3 aliphatic rings. The van der Waals surface area contributed by atoms with E-state index in [1.165, 1.54) is 6.92 Å². The summed E-state index contributed by atoms with van der Waals surface area (Å²) in [6.07, 6.45) is -7.04. The fraction of sp³-hybridized carbons (Fsp3) is 0.920. The van der Waals surface area contributed by atoms with Crippen LogP contribution in [0, 0.1) is 5.41 Å². The Morgan fingerprint density at radius 1 is 1.09 bits per heavy atom. The molecule has 0 aromatic rings. The molecule has 0 aromatic carbocycles. The number of hydrogen-bond acceptors (Lipinski definition) is 16. The molecule has 0 bridgehead atoms. The van der Waals surface area contributed by atoms with Gasteiger partial charge in [-0.3, -0.25) is 10.2 Å². The molecule has 43 heavy (non-hydrogen) atoms. The minimum Gasteiger partial charge on any atom is -0.388 e. The molecular formula is C25H50N8O10. The van der Waals surface area contributed by atoms with Crippen LogP contribution in [0.3, 0.4) is 0 Å². The van der Waals surface area contributed by atoms with E-state index in [1.807, 2.05) is 0 Å². The van der Waals surface area contributed by atoms with Gasteiger partial charge >= 0.3 is 0 Å². The lowest BCUT2D eigenvalue weighted by Crippen LogP contribution is -2.70. The van der Waals surface area contributed by atoms with Crippen LogP contribution in [0.2, 0.25) is 0 Å². The molecule has 2 heterocycles. The number of carbonyl (C=O) groups is 1. The first-order chi connectivity index (χ1) is 20.2. The Morgan fingerprint density at radius 3 is 2.35 bits per heavy atom. The molecule has 2 saturated heterocycles. The SMILES string of the molecule is CN[C@@H]1C(O)[C@@H](OC2C(O)C(O[C@H]3O[C@H](CNC(=N)CO)CCC3N)[C@@H](N)C[C@H]2NC(=O)C(O)(CN)CN)OCC1(C)O. The van der Waals surface area contributed by atoms with Crippen molar-refractivity contribution in [3.05, 3.63) is 0 Å². The summed E-state index contributed by atoms with van der Waals surface area (Å²) in [6, 6.07) is -3.34. The summed E-state index contributed by atoms with van der Waals surface area (Å²) in [4.78, 5) is 13.0. The standard InChI is InChI=1S/C25H50N8O10/c1-24(38)10-40-22(17(36)20(24)31-2)43-19-14(33-23(37)25(39,8-26)9-27)5-13(29)18(16(19)35)42-21-12(28)4-3-11(41-21)6-32-15(30)7-34/h11-14,16-22,31,34-36,38-39H,3-10,26-29H2,1-2H3,(H2,30,32)(H,33,37)/t11-,12?,13-,14+,16?,17?,18?,19?,20+,21+,22+,24?/m0/s1. The number of hydrogen-bond donors (Lipinski definition) is 13. The van der Waals surface area contributed by atoms with E-state index < -0.39 is 104 Å². The molecule has 2 aliphatic heterocycles. The number of carbonyl (C=O) groups excluding carboxylic acids is 1. The minimum atomic E-state index is -2.10. The highest BCUT2D eigenvalue weighted by Gasteiger charge is 2.52. The van der Waals surface area contributed by atoms with E-state index in [2.05, 4.69) is 16.0 Å². The zero-order valence-corrected chi connectivity index (χ0v) is 24.6. The molecule has 1 saturated carbocycles. The summed E-state index contributed by atoms with van der Waals surface area (Å²) in [6.45, 7) is 0.105. The number of nitrogens with two attached hydrogens (primary N) is 4. The predicted octanol–water partition coefficient (Wildman–Crippen LogP) is -6.57. The summed E-state index contributed by atoms with van der Waals surface area (Å²) in [5, 5.41) is 68.6. The monoisotopic (exact) mass is 622 g/mol. The molecule has 250 valence electrons. The number of nitrogens with one attached hydrogen (secondary N) is 4. The van der Waals surface area contributed by atoms with Crippen LogP contribution in [0.1, 0.15) is 26.2 Å². The molecule has 12 atom stereocenters. The van der Waals surface area contributed by atoms with Crippen molar-refractivity contribution in [2.45, 2.75) is 105 Å². The molecular weight excluding hydrogens is 572 g/mol. The highest BCUT2D eigenvalue weighted by Crippen LogP contribution is 2.32. The molecule has 1 aliphatic carbocycles. The number of aliphatic hydroxyl groups is 5. The maximum atomic E-state index is 13.0. The van der Waals surface area contributed by atoms with E-state index in [0.717, 1.165) is 0 Å². The zero-order valence-electron chi connectivity index (χ0n) is 24.6. The first kappa shape index (κ1) is 35.9. The summed E-state index contributed by atoms with van der Waals surface area (Å²) >= 11 is 0. The Kier molecular flexibility index (Phi) is 12.6. The first-order valence-electron chi connectivity index (χ1n) is 14.4. The minimum absolute atomic E-state index is 0.0139. The molecule has 0 spiro atoms. The fourth-order valence-electron chi connectivity index (χ4n) is 5.63. The van der Waals surface area contributed by atoms with Crippen LogP contribution < -0.4 is 38.9 Å². The number of ether oxygens (including phenoxy) is 4. The van der Waals surface area contributed by atoms with Crippen molar-refractivity contribution >= 4 is 11.7 Å². The van der Waals surface area contributed by atoms with Crippen molar-refractivity contribution in [2.75, 3.05) is 39.9 Å². The summed E-state index contributed by atoms with van der Waals surface area (Å²) in [5.74, 6) is -0.975. The topological polar surface area (TPSA) is 319 Å². The summed E-state index contributed by atoms with van der Waals surface area (Å²) in [5.41, 5.74) is 20.3. The van der Waals surface area contributed by atoms with Crippen LogP contribution in [0.25, 0.3) is 0 Å². The zero-order chi connectivity index (χ0) is 32.1. The molecule has 0 radical (unpaired) electrons. The van der Waals surface area contributed by atoms with Gasteiger partial charge in [-0.05, 0) is 33.2 Å². The van der Waals surface area contributed by atoms with Crippen LogP contribution in [0.15, 0.2) is 0 Å². The second-order valence-corrected chi connectivity index (χ2v) is 11.8. The highest BCUT2D eigenvalue weighted by atomic mass is 16.7. The molecule has 6 unspecified atom stereocenters. The lowest BCUT2D eigenvalue weighted by Gasteiger charge is -2.49. The molecule has 3 fully saturated rings. The largest absolute Gasteiger partial charge is 0.388 e. The van der Waals surface area contributed by atoms with Crippen molar-refractivity contribution < 1.29 is 49.3 Å². The van der Waals surface area contributed by atoms with E-state index in [1.54, 1.807) is 7.05 Å². The van der Waals surface area contributed by atoms with Gasteiger partial charge in [0.25, 0.3) is 5.91 Å². The Morgan fingerprint density at radius 2 is 1.74 bits per heavy atom. The number of aliphatic hydroxyl groups excluding tert-OH is 3. The Hall–Kier alpha value is -1.62. The van der Waals surface area contributed by atoms with E-state index >= 15 is 0 Å². The third-order valence-electron chi connectivity index (χ3n) is 8.36. The third kappa shape index (κ3) is 8.35. The predicted molar refractivity (Wildman–Crippen MR) is 151 cm³/mol. The van der Waals surface area contributed by atoms with Gasteiger partial charge in [0.2, 0.25) is 0 Å². The molecule has 1 amide bonds. The smallest absolute Gasteiger partial charge is 0.254 e. The van der Waals surface area contributed by atoms with E-state index in [0.29, 0.717) is 12.8 Å². The molecule has 17 N–H and O–H groups in total. The molecule has 18 nitrogen and oxygen atoms in total. The van der Waals surface area contributed by atoms with Gasteiger partial charge in [-0.15, -0.1) is 0 Å². The Balaban J connectivity index is 1.82. The van der Waals surface area contributed by atoms with E-state index in [-0.39, 0.29) is 25.4 Å². The number of amidine groups is 1. The number of likely N-dealkylation sites (N-methyl/N-ethyl adjacent to an activating group) is 1. The average Bonchev–Trinajstić information content (AvgIpc) is 2.97. The Bertz CT molecular complexity index is 930. The number of rotatable bonds is 12. The first-order valence-corrected chi connectivity index (χ1v) is 14.4.